The maximum atomic E-state index is 9.09. The maximum absolute atomic E-state index is 9.09. The average molecular weight is 150 g/mol. The third-order valence-corrected chi connectivity index (χ3v) is 1.53. The van der Waals surface area contributed by atoms with Crippen molar-refractivity contribution in [2.24, 2.45) is 0 Å². The molecule has 0 saturated carbocycles. The monoisotopic (exact) mass is 150 g/mol. The smallest absolute Gasteiger partial charge is 0.427 e. The maximum Gasteiger partial charge on any atom is 0.458 e. The van der Waals surface area contributed by atoms with Crippen molar-refractivity contribution < 1.29 is 9.68 Å². The number of hydrogen-bond donors (Lipinski definition) is 1. The van der Waals surface area contributed by atoms with Crippen LogP contribution in [-0.4, -0.2) is 19.3 Å². The molecule has 0 aliphatic heterocycles. The van der Waals surface area contributed by atoms with Gasteiger partial charge >= 0.3 is 7.12 Å². The zero-order valence-corrected chi connectivity index (χ0v) is 6.53. The van der Waals surface area contributed by atoms with Crippen LogP contribution in [0.15, 0.2) is 30.3 Å². The van der Waals surface area contributed by atoms with E-state index in [1.54, 1.807) is 0 Å². The van der Waals surface area contributed by atoms with Gasteiger partial charge in [0.1, 0.15) is 0 Å². The fourth-order valence-electron chi connectivity index (χ4n) is 0.899. The molecule has 0 bridgehead atoms. The summed E-state index contributed by atoms with van der Waals surface area (Å²) in [5, 5.41) is 9.09. The predicted molar refractivity (Wildman–Crippen MR) is 45.1 cm³/mol. The molecule has 0 amide bonds. The summed E-state index contributed by atoms with van der Waals surface area (Å²) < 4.78 is 4.71. The quantitative estimate of drug-likeness (QED) is 0.648. The van der Waals surface area contributed by atoms with Gasteiger partial charge in [-0.05, 0) is 0 Å². The molecule has 0 unspecified atom stereocenters. The molecule has 0 atom stereocenters. The second kappa shape index (κ2) is 4.16. The molecule has 11 heavy (non-hydrogen) atoms. The first-order chi connectivity index (χ1) is 5.33. The minimum atomic E-state index is -0.683. The molecule has 0 aliphatic rings. The molecule has 3 heteroatoms. The zero-order chi connectivity index (χ0) is 8.10. The summed E-state index contributed by atoms with van der Waals surface area (Å²) in [6.45, 7) is 0. The molecule has 1 N–H and O–H groups in total. The molecule has 0 spiro atoms. The van der Waals surface area contributed by atoms with Crippen LogP contribution >= 0.6 is 0 Å². The topological polar surface area (TPSA) is 29.5 Å². The fourth-order valence-corrected chi connectivity index (χ4v) is 0.899. The highest BCUT2D eigenvalue weighted by Gasteiger charge is 2.10. The molecular weight excluding hydrogens is 139 g/mol. The molecule has 0 saturated heterocycles. The second-order valence-electron chi connectivity index (χ2n) is 2.38. The van der Waals surface area contributed by atoms with Gasteiger partial charge < -0.3 is 9.68 Å². The highest BCUT2D eigenvalue weighted by molar-refractivity contribution is 6.42. The summed E-state index contributed by atoms with van der Waals surface area (Å²) >= 11 is 0. The van der Waals surface area contributed by atoms with Crippen molar-refractivity contribution in [3.8, 4) is 0 Å². The summed E-state index contributed by atoms with van der Waals surface area (Å²) in [4.78, 5) is 0. The third kappa shape index (κ3) is 2.74. The highest BCUT2D eigenvalue weighted by Crippen LogP contribution is 2.00. The Kier molecular flexibility index (Phi) is 3.14. The van der Waals surface area contributed by atoms with Crippen LogP contribution in [0, 0.1) is 0 Å². The summed E-state index contributed by atoms with van der Waals surface area (Å²) in [5.74, 6) is 0. The van der Waals surface area contributed by atoms with Crippen molar-refractivity contribution in [1.82, 2.24) is 0 Å². The Bertz CT molecular complexity index is 201. The van der Waals surface area contributed by atoms with Crippen molar-refractivity contribution in [2.45, 2.75) is 6.32 Å². The van der Waals surface area contributed by atoms with E-state index in [-0.39, 0.29) is 0 Å². The van der Waals surface area contributed by atoms with E-state index in [0.29, 0.717) is 6.32 Å². The summed E-state index contributed by atoms with van der Waals surface area (Å²) in [7, 11) is 0.811. The van der Waals surface area contributed by atoms with Crippen LogP contribution in [0.5, 0.6) is 0 Å². The lowest BCUT2D eigenvalue weighted by molar-refractivity contribution is 0.325. The molecule has 0 aromatic heterocycles. The first-order valence-electron chi connectivity index (χ1n) is 3.57. The molecule has 0 heterocycles. The number of benzene rings is 1. The van der Waals surface area contributed by atoms with Gasteiger partial charge in [-0.2, -0.15) is 0 Å². The van der Waals surface area contributed by atoms with Crippen LogP contribution in [0.1, 0.15) is 5.56 Å². The molecule has 1 aromatic rings. The Morgan fingerprint density at radius 2 is 2.00 bits per heavy atom. The minimum Gasteiger partial charge on any atom is -0.427 e. The summed E-state index contributed by atoms with van der Waals surface area (Å²) in [6.07, 6.45) is 0.553. The Morgan fingerprint density at radius 3 is 2.55 bits per heavy atom. The molecular formula is C8H11BO2. The van der Waals surface area contributed by atoms with Gasteiger partial charge in [0.15, 0.2) is 0 Å². The van der Waals surface area contributed by atoms with E-state index in [1.807, 2.05) is 30.3 Å². The normalized spacial score (nSPS) is 9.64. The van der Waals surface area contributed by atoms with E-state index in [1.165, 1.54) is 7.11 Å². The van der Waals surface area contributed by atoms with Gasteiger partial charge in [0.25, 0.3) is 0 Å². The lowest BCUT2D eigenvalue weighted by atomic mass is 9.81. The highest BCUT2D eigenvalue weighted by atomic mass is 16.5. The second-order valence-corrected chi connectivity index (χ2v) is 2.38. The van der Waals surface area contributed by atoms with Crippen molar-refractivity contribution in [1.29, 1.82) is 0 Å². The Labute approximate surface area is 67.0 Å². The van der Waals surface area contributed by atoms with Crippen molar-refractivity contribution in [2.75, 3.05) is 7.11 Å². The van der Waals surface area contributed by atoms with Crippen LogP contribution in [-0.2, 0) is 11.0 Å². The van der Waals surface area contributed by atoms with E-state index in [4.69, 9.17) is 9.68 Å². The Hall–Kier alpha value is -0.795. The van der Waals surface area contributed by atoms with Gasteiger partial charge in [-0.25, -0.2) is 0 Å². The van der Waals surface area contributed by atoms with Gasteiger partial charge in [0, 0.05) is 13.4 Å². The minimum absolute atomic E-state index is 0.553. The summed E-state index contributed by atoms with van der Waals surface area (Å²) in [6, 6.07) is 9.75. The van der Waals surface area contributed by atoms with Crippen LogP contribution < -0.4 is 0 Å². The molecule has 58 valence electrons. The lowest BCUT2D eigenvalue weighted by Crippen LogP contribution is -2.18. The molecule has 0 fully saturated rings. The third-order valence-electron chi connectivity index (χ3n) is 1.53. The average Bonchev–Trinajstić information content (AvgIpc) is 2.06. The first-order valence-corrected chi connectivity index (χ1v) is 3.57. The van der Waals surface area contributed by atoms with Crippen LogP contribution in [0.4, 0.5) is 0 Å². The standard InChI is InChI=1S/C8H11BO2/c1-11-9(10)7-8-5-3-2-4-6-8/h2-6,10H,7H2,1H3. The fraction of sp³-hybridized carbons (Fsp3) is 0.250. The van der Waals surface area contributed by atoms with Gasteiger partial charge in [-0.15, -0.1) is 0 Å². The first kappa shape index (κ1) is 8.30. The Balaban J connectivity index is 2.51. The zero-order valence-electron chi connectivity index (χ0n) is 6.53. The van der Waals surface area contributed by atoms with Gasteiger partial charge in [0.2, 0.25) is 0 Å². The van der Waals surface area contributed by atoms with Gasteiger partial charge in [0.05, 0.1) is 0 Å². The predicted octanol–water partition coefficient (Wildman–Crippen LogP) is 0.895. The molecule has 1 aromatic carbocycles. The van der Waals surface area contributed by atoms with Crippen LogP contribution in [0.2, 0.25) is 0 Å². The molecule has 0 radical (unpaired) electrons. The van der Waals surface area contributed by atoms with E-state index in [0.717, 1.165) is 5.56 Å². The summed E-state index contributed by atoms with van der Waals surface area (Å²) in [5.41, 5.74) is 1.09. The van der Waals surface area contributed by atoms with Crippen molar-refractivity contribution in [3.05, 3.63) is 35.9 Å². The lowest BCUT2D eigenvalue weighted by Gasteiger charge is -2.02. The van der Waals surface area contributed by atoms with E-state index in [9.17, 15) is 0 Å². The van der Waals surface area contributed by atoms with E-state index < -0.39 is 7.12 Å². The Morgan fingerprint density at radius 1 is 1.36 bits per heavy atom. The number of hydrogen-bond acceptors (Lipinski definition) is 2. The molecule has 2 nitrogen and oxygen atoms in total. The largest absolute Gasteiger partial charge is 0.458 e. The van der Waals surface area contributed by atoms with E-state index >= 15 is 0 Å². The number of rotatable bonds is 3. The molecule has 1 rings (SSSR count). The SMILES string of the molecule is COB(O)Cc1ccccc1. The van der Waals surface area contributed by atoms with Crippen molar-refractivity contribution in [3.63, 3.8) is 0 Å². The van der Waals surface area contributed by atoms with Crippen molar-refractivity contribution >= 4 is 7.12 Å². The van der Waals surface area contributed by atoms with Gasteiger partial charge in [-0.1, -0.05) is 35.9 Å². The van der Waals surface area contributed by atoms with Gasteiger partial charge in [-0.3, -0.25) is 0 Å². The van der Waals surface area contributed by atoms with Crippen LogP contribution in [0.3, 0.4) is 0 Å². The molecule has 0 aliphatic carbocycles. The van der Waals surface area contributed by atoms with E-state index in [2.05, 4.69) is 0 Å². The van der Waals surface area contributed by atoms with Crippen LogP contribution in [0.25, 0.3) is 0 Å².